The lowest BCUT2D eigenvalue weighted by Gasteiger charge is -2.23. The number of esters is 1. The quantitative estimate of drug-likeness (QED) is 0.705. The maximum atomic E-state index is 12.3. The number of rotatable bonds is 6. The topological polar surface area (TPSA) is 100 Å². The number of thiazole rings is 1. The first kappa shape index (κ1) is 18.5. The summed E-state index contributed by atoms with van der Waals surface area (Å²) < 4.78 is 5.12. The lowest BCUT2D eigenvalue weighted by Crippen LogP contribution is -2.35. The van der Waals surface area contributed by atoms with Gasteiger partial charge in [0.15, 0.2) is 18.3 Å². The van der Waals surface area contributed by atoms with Gasteiger partial charge in [-0.2, -0.15) is 5.26 Å². The number of nitriles is 1. The van der Waals surface area contributed by atoms with Crippen LogP contribution in [-0.4, -0.2) is 46.7 Å². The van der Waals surface area contributed by atoms with Gasteiger partial charge in [0.05, 0.1) is 12.0 Å². The number of ether oxygens (including phenoxy) is 1. The van der Waals surface area contributed by atoms with Crippen LogP contribution < -0.4 is 0 Å². The van der Waals surface area contributed by atoms with E-state index in [0.717, 1.165) is 31.4 Å². The van der Waals surface area contributed by atoms with Gasteiger partial charge in [-0.1, -0.05) is 12.8 Å². The van der Waals surface area contributed by atoms with Crippen molar-refractivity contribution in [3.63, 3.8) is 0 Å². The summed E-state index contributed by atoms with van der Waals surface area (Å²) in [6, 6.07) is 2.15. The molecule has 0 spiro atoms. The van der Waals surface area contributed by atoms with Gasteiger partial charge in [-0.3, -0.25) is 14.4 Å². The van der Waals surface area contributed by atoms with Crippen molar-refractivity contribution in [3.05, 3.63) is 16.1 Å². The Balaban J connectivity index is 1.53. The normalized spacial score (nSPS) is 21.6. The standard InChI is InChI=1S/C18H21N3O4S/c1-11-10-26-17(20-11)14(7-19)15(22)9-25-18(24)12-6-16(23)21(8-12)13-4-2-3-5-13/h10,12-14H,2-6,8-9H2,1H3/t12-,14-/m0/s1. The van der Waals surface area contributed by atoms with E-state index >= 15 is 0 Å². The van der Waals surface area contributed by atoms with Crippen molar-refractivity contribution in [1.29, 1.82) is 5.26 Å². The van der Waals surface area contributed by atoms with Gasteiger partial charge in [0.2, 0.25) is 5.91 Å². The van der Waals surface area contributed by atoms with Crippen LogP contribution in [0, 0.1) is 24.2 Å². The van der Waals surface area contributed by atoms with Crippen LogP contribution in [0.15, 0.2) is 5.38 Å². The molecule has 2 aliphatic rings. The van der Waals surface area contributed by atoms with Crippen molar-refractivity contribution >= 4 is 29.0 Å². The highest BCUT2D eigenvalue weighted by Gasteiger charge is 2.39. The highest BCUT2D eigenvalue weighted by molar-refractivity contribution is 7.09. The Hall–Kier alpha value is -2.27. The molecule has 3 rings (SSSR count). The number of ketones is 1. The molecule has 1 saturated carbocycles. The molecular formula is C18H21N3O4S. The van der Waals surface area contributed by atoms with Crippen LogP contribution in [0.4, 0.5) is 0 Å². The molecule has 0 radical (unpaired) electrons. The maximum Gasteiger partial charge on any atom is 0.311 e. The van der Waals surface area contributed by atoms with E-state index in [1.54, 1.807) is 17.2 Å². The first-order valence-electron chi connectivity index (χ1n) is 8.80. The zero-order chi connectivity index (χ0) is 18.7. The van der Waals surface area contributed by atoms with Crippen molar-refractivity contribution in [2.45, 2.75) is 51.0 Å². The SMILES string of the molecule is Cc1csc([C@@H](C#N)C(=O)COC(=O)[C@H]2CC(=O)N(C3CCCC3)C2)n1. The van der Waals surface area contributed by atoms with E-state index in [9.17, 15) is 19.6 Å². The molecule has 2 atom stereocenters. The largest absolute Gasteiger partial charge is 0.457 e. The fourth-order valence-electron chi connectivity index (χ4n) is 3.57. The first-order valence-corrected chi connectivity index (χ1v) is 9.68. The van der Waals surface area contributed by atoms with Crippen LogP contribution in [0.5, 0.6) is 0 Å². The van der Waals surface area contributed by atoms with Gasteiger partial charge in [-0.15, -0.1) is 11.3 Å². The molecule has 1 saturated heterocycles. The lowest BCUT2D eigenvalue weighted by molar-refractivity contribution is -0.152. The summed E-state index contributed by atoms with van der Waals surface area (Å²) in [6.45, 7) is 1.68. The Morgan fingerprint density at radius 2 is 2.19 bits per heavy atom. The van der Waals surface area contributed by atoms with Gasteiger partial charge < -0.3 is 9.64 Å². The van der Waals surface area contributed by atoms with E-state index in [1.165, 1.54) is 11.3 Å². The smallest absolute Gasteiger partial charge is 0.311 e. The fourth-order valence-corrected chi connectivity index (χ4v) is 4.43. The summed E-state index contributed by atoms with van der Waals surface area (Å²) in [6.07, 6.45) is 4.34. The number of aromatic nitrogens is 1. The number of carbonyl (C=O) groups is 3. The second kappa shape index (κ2) is 7.96. The number of Topliss-reactive ketones (excluding diaryl/α,β-unsaturated/α-hetero) is 1. The molecular weight excluding hydrogens is 354 g/mol. The van der Waals surface area contributed by atoms with Gasteiger partial charge in [0, 0.05) is 30.1 Å². The van der Waals surface area contributed by atoms with Crippen molar-refractivity contribution in [3.8, 4) is 6.07 Å². The summed E-state index contributed by atoms with van der Waals surface area (Å²) in [5.74, 6) is -2.61. The van der Waals surface area contributed by atoms with E-state index in [1.807, 2.05) is 6.07 Å². The minimum absolute atomic E-state index is 0.0154. The average molecular weight is 375 g/mol. The number of hydrogen-bond acceptors (Lipinski definition) is 7. The number of nitrogens with zero attached hydrogens (tertiary/aromatic N) is 3. The number of hydrogen-bond donors (Lipinski definition) is 0. The van der Waals surface area contributed by atoms with Gasteiger partial charge >= 0.3 is 5.97 Å². The molecule has 1 aliphatic heterocycles. The molecule has 0 N–H and O–H groups in total. The minimum Gasteiger partial charge on any atom is -0.457 e. The molecule has 138 valence electrons. The Morgan fingerprint density at radius 1 is 1.46 bits per heavy atom. The third-order valence-electron chi connectivity index (χ3n) is 4.95. The molecule has 0 bridgehead atoms. The maximum absolute atomic E-state index is 12.3. The fraction of sp³-hybridized carbons (Fsp3) is 0.611. The average Bonchev–Trinajstić information content (AvgIpc) is 3.34. The molecule has 0 aromatic carbocycles. The van der Waals surface area contributed by atoms with Crippen molar-refractivity contribution in [1.82, 2.24) is 9.88 Å². The molecule has 1 aromatic rings. The predicted molar refractivity (Wildman–Crippen MR) is 93.2 cm³/mol. The molecule has 1 aliphatic carbocycles. The molecule has 8 heteroatoms. The molecule has 2 heterocycles. The number of likely N-dealkylation sites (tertiary alicyclic amines) is 1. The van der Waals surface area contributed by atoms with Crippen molar-refractivity contribution in [2.75, 3.05) is 13.2 Å². The van der Waals surface area contributed by atoms with Gasteiger partial charge in [-0.05, 0) is 19.8 Å². The summed E-state index contributed by atoms with van der Waals surface area (Å²) in [7, 11) is 0. The van der Waals surface area contributed by atoms with E-state index in [0.29, 0.717) is 11.6 Å². The minimum atomic E-state index is -1.03. The van der Waals surface area contributed by atoms with E-state index in [2.05, 4.69) is 4.98 Å². The summed E-state index contributed by atoms with van der Waals surface area (Å²) in [5, 5.41) is 11.4. The number of aryl methyl sites for hydroxylation is 1. The molecule has 26 heavy (non-hydrogen) atoms. The Bertz CT molecular complexity index is 748. The molecule has 2 fully saturated rings. The van der Waals surface area contributed by atoms with Crippen LogP contribution in [-0.2, 0) is 19.1 Å². The first-order chi connectivity index (χ1) is 12.5. The zero-order valence-electron chi connectivity index (χ0n) is 14.6. The van der Waals surface area contributed by atoms with Gasteiger partial charge in [0.25, 0.3) is 0 Å². The summed E-state index contributed by atoms with van der Waals surface area (Å²) in [4.78, 5) is 42.6. The van der Waals surface area contributed by atoms with Crippen LogP contribution in [0.25, 0.3) is 0 Å². The van der Waals surface area contributed by atoms with Crippen LogP contribution in [0.1, 0.15) is 48.7 Å². The Kier molecular flexibility index (Phi) is 5.67. The molecule has 7 nitrogen and oxygen atoms in total. The van der Waals surface area contributed by atoms with Crippen molar-refractivity contribution < 1.29 is 19.1 Å². The van der Waals surface area contributed by atoms with Gasteiger partial charge in [0.1, 0.15) is 5.01 Å². The monoisotopic (exact) mass is 375 g/mol. The molecule has 1 amide bonds. The highest BCUT2D eigenvalue weighted by atomic mass is 32.1. The number of amides is 1. The van der Waals surface area contributed by atoms with Crippen molar-refractivity contribution in [2.24, 2.45) is 5.92 Å². The zero-order valence-corrected chi connectivity index (χ0v) is 15.5. The van der Waals surface area contributed by atoms with Crippen LogP contribution >= 0.6 is 11.3 Å². The summed E-state index contributed by atoms with van der Waals surface area (Å²) in [5.41, 5.74) is 0.742. The third-order valence-corrected chi connectivity index (χ3v) is 5.98. The molecule has 0 unspecified atom stereocenters. The second-order valence-corrected chi connectivity index (χ2v) is 7.74. The second-order valence-electron chi connectivity index (χ2n) is 6.85. The van der Waals surface area contributed by atoms with Crippen LogP contribution in [0.2, 0.25) is 0 Å². The number of carbonyl (C=O) groups excluding carboxylic acids is 3. The van der Waals surface area contributed by atoms with E-state index in [4.69, 9.17) is 4.74 Å². The van der Waals surface area contributed by atoms with E-state index < -0.39 is 30.2 Å². The van der Waals surface area contributed by atoms with Crippen LogP contribution in [0.3, 0.4) is 0 Å². The summed E-state index contributed by atoms with van der Waals surface area (Å²) >= 11 is 1.24. The lowest BCUT2D eigenvalue weighted by atomic mass is 10.1. The Labute approximate surface area is 156 Å². The molecule has 1 aromatic heterocycles. The predicted octanol–water partition coefficient (Wildman–Crippen LogP) is 1.96. The van der Waals surface area contributed by atoms with E-state index in [-0.39, 0.29) is 18.4 Å². The Morgan fingerprint density at radius 3 is 2.81 bits per heavy atom. The third kappa shape index (κ3) is 3.93. The highest BCUT2D eigenvalue weighted by Crippen LogP contribution is 2.30. The van der Waals surface area contributed by atoms with Gasteiger partial charge in [-0.25, -0.2) is 4.98 Å².